The number of hydrogen-bond acceptors (Lipinski definition) is 3. The third-order valence-corrected chi connectivity index (χ3v) is 5.15. The molecule has 0 aliphatic carbocycles. The fourth-order valence-corrected chi connectivity index (χ4v) is 3.77. The first-order valence-corrected chi connectivity index (χ1v) is 7.72. The van der Waals surface area contributed by atoms with Crippen molar-refractivity contribution >= 4 is 49.5 Å². The Balaban J connectivity index is 2.47. The maximum absolute atomic E-state index is 8.88. The van der Waals surface area contributed by atoms with Crippen LogP contribution in [-0.2, 0) is 0 Å². The van der Waals surface area contributed by atoms with Crippen molar-refractivity contribution in [2.24, 2.45) is 10.9 Å². The summed E-state index contributed by atoms with van der Waals surface area (Å²) in [6.07, 6.45) is 0. The molecule has 98 valence electrons. The molecule has 3 N–H and O–H groups in total. The van der Waals surface area contributed by atoms with Crippen LogP contribution < -0.4 is 5.73 Å². The van der Waals surface area contributed by atoms with Gasteiger partial charge >= 0.3 is 0 Å². The van der Waals surface area contributed by atoms with Crippen LogP contribution >= 0.6 is 43.6 Å². The summed E-state index contributed by atoms with van der Waals surface area (Å²) in [4.78, 5) is 1.98. The van der Waals surface area contributed by atoms with Crippen molar-refractivity contribution in [3.63, 3.8) is 0 Å². The van der Waals surface area contributed by atoms with Gasteiger partial charge in [-0.3, -0.25) is 0 Å². The Morgan fingerprint density at radius 3 is 2.32 bits per heavy atom. The number of nitrogens with zero attached hydrogens (tertiary/aromatic N) is 1. The molecule has 0 aromatic heterocycles. The zero-order valence-electron chi connectivity index (χ0n) is 9.68. The van der Waals surface area contributed by atoms with Gasteiger partial charge in [-0.05, 0) is 56.1 Å². The van der Waals surface area contributed by atoms with Gasteiger partial charge in [-0.25, -0.2) is 0 Å². The molecule has 0 heterocycles. The second kappa shape index (κ2) is 6.45. The van der Waals surface area contributed by atoms with Crippen LogP contribution in [0.15, 0.2) is 66.4 Å². The Morgan fingerprint density at radius 2 is 1.63 bits per heavy atom. The van der Waals surface area contributed by atoms with Crippen molar-refractivity contribution < 1.29 is 5.21 Å². The van der Waals surface area contributed by atoms with Crippen molar-refractivity contribution in [1.29, 1.82) is 0 Å². The molecule has 0 saturated heterocycles. The van der Waals surface area contributed by atoms with Crippen LogP contribution in [0, 0.1) is 0 Å². The molecule has 0 unspecified atom stereocenters. The van der Waals surface area contributed by atoms with Crippen LogP contribution in [0.2, 0.25) is 0 Å². The summed E-state index contributed by atoms with van der Waals surface area (Å²) in [6.45, 7) is 0. The Labute approximate surface area is 132 Å². The van der Waals surface area contributed by atoms with Crippen molar-refractivity contribution in [2.75, 3.05) is 0 Å². The molecule has 0 aliphatic rings. The molecule has 2 aromatic rings. The van der Waals surface area contributed by atoms with E-state index in [2.05, 4.69) is 37.0 Å². The monoisotopic (exact) mass is 400 g/mol. The standard InChI is InChI=1S/C13H10Br2N2OS/c14-8-4-1-2-6-10(8)19-11-7-3-5-9(15)12(11)13(16)17-18/h1-7,18H,(H2,16,17). The van der Waals surface area contributed by atoms with Gasteiger partial charge in [-0.1, -0.05) is 35.1 Å². The molecule has 2 rings (SSSR count). The average Bonchev–Trinajstić information content (AvgIpc) is 2.41. The molecule has 0 saturated carbocycles. The molecule has 0 fully saturated rings. The van der Waals surface area contributed by atoms with Gasteiger partial charge in [0.05, 0.1) is 0 Å². The number of amidine groups is 1. The minimum absolute atomic E-state index is 0.0852. The lowest BCUT2D eigenvalue weighted by atomic mass is 10.2. The largest absolute Gasteiger partial charge is 0.409 e. The number of hydrogen-bond donors (Lipinski definition) is 2. The normalized spacial score (nSPS) is 11.6. The van der Waals surface area contributed by atoms with Gasteiger partial charge in [0.1, 0.15) is 0 Å². The number of oxime groups is 1. The Kier molecular flexibility index (Phi) is 4.90. The molecule has 0 aliphatic heterocycles. The van der Waals surface area contributed by atoms with E-state index in [0.29, 0.717) is 5.56 Å². The van der Waals surface area contributed by atoms with Gasteiger partial charge in [0.25, 0.3) is 0 Å². The van der Waals surface area contributed by atoms with Gasteiger partial charge in [-0.2, -0.15) is 0 Å². The summed E-state index contributed by atoms with van der Waals surface area (Å²) in [5, 5.41) is 12.0. The molecule has 0 bridgehead atoms. The summed E-state index contributed by atoms with van der Waals surface area (Å²) < 4.78 is 1.80. The zero-order chi connectivity index (χ0) is 13.8. The van der Waals surface area contributed by atoms with Crippen LogP contribution in [0.1, 0.15) is 5.56 Å². The van der Waals surface area contributed by atoms with Gasteiger partial charge in [-0.15, -0.1) is 0 Å². The summed E-state index contributed by atoms with van der Waals surface area (Å²) in [7, 11) is 0. The number of benzene rings is 2. The first kappa shape index (κ1) is 14.4. The van der Waals surface area contributed by atoms with Crippen molar-refractivity contribution in [3.05, 3.63) is 57.0 Å². The molecule has 19 heavy (non-hydrogen) atoms. The Morgan fingerprint density at radius 1 is 1.00 bits per heavy atom. The van der Waals surface area contributed by atoms with E-state index in [4.69, 9.17) is 10.9 Å². The van der Waals surface area contributed by atoms with Gasteiger partial charge in [0.2, 0.25) is 0 Å². The molecular formula is C13H10Br2N2OS. The van der Waals surface area contributed by atoms with Crippen molar-refractivity contribution in [3.8, 4) is 0 Å². The summed E-state index contributed by atoms with van der Waals surface area (Å²) in [5.74, 6) is 0.0852. The highest BCUT2D eigenvalue weighted by molar-refractivity contribution is 9.10. The van der Waals surface area contributed by atoms with Crippen LogP contribution in [0.4, 0.5) is 0 Å². The predicted octanol–water partition coefficient (Wildman–Crippen LogP) is 4.46. The zero-order valence-corrected chi connectivity index (χ0v) is 13.7. The first-order valence-electron chi connectivity index (χ1n) is 5.32. The highest BCUT2D eigenvalue weighted by atomic mass is 79.9. The third kappa shape index (κ3) is 3.32. The highest BCUT2D eigenvalue weighted by Crippen LogP contribution is 2.37. The van der Waals surface area contributed by atoms with E-state index in [1.54, 1.807) is 11.8 Å². The molecule has 3 nitrogen and oxygen atoms in total. The topological polar surface area (TPSA) is 58.6 Å². The van der Waals surface area contributed by atoms with Gasteiger partial charge in [0.15, 0.2) is 5.84 Å². The molecule has 0 radical (unpaired) electrons. The van der Waals surface area contributed by atoms with Gasteiger partial charge in [0, 0.05) is 24.3 Å². The first-order chi connectivity index (χ1) is 9.13. The van der Waals surface area contributed by atoms with Crippen LogP contribution in [-0.4, -0.2) is 11.0 Å². The second-order valence-corrected chi connectivity index (χ2v) is 6.42. The van der Waals surface area contributed by atoms with Crippen LogP contribution in [0.3, 0.4) is 0 Å². The quantitative estimate of drug-likeness (QED) is 0.345. The molecule has 6 heteroatoms. The lowest BCUT2D eigenvalue weighted by Gasteiger charge is -2.10. The summed E-state index contributed by atoms with van der Waals surface area (Å²) in [5.41, 5.74) is 6.42. The summed E-state index contributed by atoms with van der Waals surface area (Å²) >= 11 is 8.48. The van der Waals surface area contributed by atoms with E-state index >= 15 is 0 Å². The minimum atomic E-state index is 0.0852. The molecular weight excluding hydrogens is 392 g/mol. The van der Waals surface area contributed by atoms with Crippen LogP contribution in [0.5, 0.6) is 0 Å². The van der Waals surface area contributed by atoms with E-state index in [1.807, 2.05) is 42.5 Å². The van der Waals surface area contributed by atoms with Gasteiger partial charge < -0.3 is 10.9 Å². The fraction of sp³-hybridized carbons (Fsp3) is 0. The maximum atomic E-state index is 8.88. The molecule has 0 amide bonds. The highest BCUT2D eigenvalue weighted by Gasteiger charge is 2.13. The second-order valence-electron chi connectivity index (χ2n) is 3.63. The van der Waals surface area contributed by atoms with E-state index in [0.717, 1.165) is 18.7 Å². The molecule has 2 aromatic carbocycles. The predicted molar refractivity (Wildman–Crippen MR) is 84.9 cm³/mol. The Bertz CT molecular complexity index is 632. The summed E-state index contributed by atoms with van der Waals surface area (Å²) in [6, 6.07) is 13.6. The van der Waals surface area contributed by atoms with E-state index < -0.39 is 0 Å². The minimum Gasteiger partial charge on any atom is -0.409 e. The third-order valence-electron chi connectivity index (χ3n) is 2.40. The van der Waals surface area contributed by atoms with E-state index in [-0.39, 0.29) is 5.84 Å². The lowest BCUT2D eigenvalue weighted by molar-refractivity contribution is 0.318. The molecule has 0 atom stereocenters. The van der Waals surface area contributed by atoms with E-state index in [9.17, 15) is 0 Å². The molecule has 0 spiro atoms. The Hall–Kier alpha value is -0.980. The lowest BCUT2D eigenvalue weighted by Crippen LogP contribution is -2.15. The average molecular weight is 402 g/mol. The maximum Gasteiger partial charge on any atom is 0.172 e. The number of nitrogens with two attached hydrogens (primary N) is 1. The van der Waals surface area contributed by atoms with Crippen molar-refractivity contribution in [2.45, 2.75) is 9.79 Å². The van der Waals surface area contributed by atoms with Crippen molar-refractivity contribution in [1.82, 2.24) is 0 Å². The SMILES string of the molecule is N/C(=N/O)c1c(Br)cccc1Sc1ccccc1Br. The number of halogens is 2. The smallest absolute Gasteiger partial charge is 0.172 e. The van der Waals surface area contributed by atoms with E-state index in [1.165, 1.54) is 0 Å². The van der Waals surface area contributed by atoms with Crippen LogP contribution in [0.25, 0.3) is 0 Å². The number of rotatable bonds is 3. The fourth-order valence-electron chi connectivity index (χ4n) is 1.53.